The van der Waals surface area contributed by atoms with Crippen molar-refractivity contribution in [2.45, 2.75) is 0 Å². The highest BCUT2D eigenvalue weighted by Crippen LogP contribution is 2.46. The van der Waals surface area contributed by atoms with Crippen molar-refractivity contribution >= 4 is 86.1 Å². The minimum Gasteiger partial charge on any atom is -0.208 e. The predicted molar refractivity (Wildman–Crippen MR) is 284 cm³/mol. The van der Waals surface area contributed by atoms with Gasteiger partial charge in [-0.2, -0.15) is 0 Å². The van der Waals surface area contributed by atoms with Crippen LogP contribution in [0.2, 0.25) is 0 Å². The fourth-order valence-corrected chi connectivity index (χ4v) is 11.7. The van der Waals surface area contributed by atoms with E-state index in [1.54, 1.807) is 11.3 Å². The average Bonchev–Trinajstić information content (AvgIpc) is 3.84. The van der Waals surface area contributed by atoms with Gasteiger partial charge >= 0.3 is 0 Å². The molecule has 4 heteroatoms. The molecule has 14 rings (SSSR count). The van der Waals surface area contributed by atoms with Crippen molar-refractivity contribution in [2.75, 3.05) is 0 Å². The summed E-state index contributed by atoms with van der Waals surface area (Å²) < 4.78 is 1.25. The van der Waals surface area contributed by atoms with Crippen LogP contribution in [-0.4, -0.2) is 15.0 Å². The number of nitrogens with zero attached hydrogens (tertiary/aromatic N) is 3. The van der Waals surface area contributed by atoms with E-state index in [2.05, 4.69) is 206 Å². The summed E-state index contributed by atoms with van der Waals surface area (Å²) in [7, 11) is 0. The number of thiophene rings is 1. The molecule has 0 N–H and O–H groups in total. The van der Waals surface area contributed by atoms with E-state index in [-0.39, 0.29) is 0 Å². The van der Waals surface area contributed by atoms with Crippen LogP contribution >= 0.6 is 11.3 Å². The molecule has 67 heavy (non-hydrogen) atoms. The molecule has 0 bridgehead atoms. The van der Waals surface area contributed by atoms with Gasteiger partial charge < -0.3 is 0 Å². The predicted octanol–water partition coefficient (Wildman–Crippen LogP) is 17.4. The fraction of sp³-hybridized carbons (Fsp3) is 0. The summed E-state index contributed by atoms with van der Waals surface area (Å²) >= 11 is 1.79. The molecule has 0 atom stereocenters. The lowest BCUT2D eigenvalue weighted by Crippen LogP contribution is -2.01. The first-order valence-corrected chi connectivity index (χ1v) is 23.6. The average molecular weight is 868 g/mol. The zero-order valence-electron chi connectivity index (χ0n) is 36.1. The monoisotopic (exact) mass is 867 g/mol. The van der Waals surface area contributed by atoms with Crippen molar-refractivity contribution in [3.05, 3.63) is 224 Å². The van der Waals surface area contributed by atoms with Crippen molar-refractivity contribution in [3.8, 4) is 66.9 Å². The minimum atomic E-state index is 0.632. The number of hydrogen-bond donors (Lipinski definition) is 0. The van der Waals surface area contributed by atoms with Crippen molar-refractivity contribution in [1.29, 1.82) is 0 Å². The Kier molecular flexibility index (Phi) is 8.45. The molecule has 14 aromatic rings. The highest BCUT2D eigenvalue weighted by molar-refractivity contribution is 7.22. The highest BCUT2D eigenvalue weighted by Gasteiger charge is 2.20. The first-order chi connectivity index (χ1) is 33.2. The summed E-state index contributed by atoms with van der Waals surface area (Å²) in [6, 6.07) is 81.4. The van der Waals surface area contributed by atoms with Crippen LogP contribution in [-0.2, 0) is 0 Å². The number of aromatic nitrogens is 3. The van der Waals surface area contributed by atoms with Gasteiger partial charge in [-0.3, -0.25) is 0 Å². The summed E-state index contributed by atoms with van der Waals surface area (Å²) in [5.41, 5.74) is 8.60. The molecule has 0 saturated heterocycles. The highest BCUT2D eigenvalue weighted by atomic mass is 32.1. The van der Waals surface area contributed by atoms with Crippen LogP contribution in [0.3, 0.4) is 0 Å². The molecule has 3 nitrogen and oxygen atoms in total. The zero-order chi connectivity index (χ0) is 44.0. The van der Waals surface area contributed by atoms with Crippen LogP contribution in [0.15, 0.2) is 224 Å². The van der Waals surface area contributed by atoms with Crippen molar-refractivity contribution in [3.63, 3.8) is 0 Å². The lowest BCUT2D eigenvalue weighted by Gasteiger charge is -2.18. The van der Waals surface area contributed by atoms with Crippen LogP contribution < -0.4 is 0 Å². The SMILES string of the molecule is c1ccc(-c2nc(-c3ccc(-c4ccccc4-c4cc5ccc6cccc7c8cccc9ccc%10cccc(c(c4)c5c67)c%10c98)cc3)nc(-c3ccccc3-c3cc4ccccc4s3)n2)cc1. The lowest BCUT2D eigenvalue weighted by atomic mass is 9.85. The standard InChI is InChI=1S/C63H37N3S/c1-2-13-42(14-3-1)61-64-62(66-63(65-61)53-22-8-7-21-49(53)56-37-44-15-4-9-26-55(44)67-56)43-32-27-38(28-33-43)47-19-5-6-20-48(47)46-35-45-34-31-41-17-11-24-51-50-23-10-16-39-29-30-40-18-12-25-52(59(40)57(39)50)54(36-46)60(45)58(41)51/h1-37H. The van der Waals surface area contributed by atoms with E-state index in [4.69, 9.17) is 15.0 Å². The van der Waals surface area contributed by atoms with Gasteiger partial charge in [0.15, 0.2) is 17.5 Å². The molecular weight excluding hydrogens is 831 g/mol. The Morgan fingerprint density at radius 1 is 0.254 bits per heavy atom. The van der Waals surface area contributed by atoms with Gasteiger partial charge in [0.2, 0.25) is 0 Å². The van der Waals surface area contributed by atoms with Gasteiger partial charge in [0.1, 0.15) is 0 Å². The lowest BCUT2D eigenvalue weighted by molar-refractivity contribution is 1.07. The molecule has 0 fully saturated rings. The largest absolute Gasteiger partial charge is 0.208 e. The maximum absolute atomic E-state index is 5.22. The number of rotatable bonds is 6. The molecule has 310 valence electrons. The van der Waals surface area contributed by atoms with E-state index in [1.165, 1.54) is 90.7 Å². The Balaban J connectivity index is 0.926. The van der Waals surface area contributed by atoms with E-state index in [1.807, 2.05) is 18.2 Å². The van der Waals surface area contributed by atoms with E-state index < -0.39 is 0 Å². The third-order valence-corrected chi connectivity index (χ3v) is 14.8. The van der Waals surface area contributed by atoms with Gasteiger partial charge in [-0.05, 0) is 117 Å². The molecule has 0 unspecified atom stereocenters. The molecule has 2 aromatic heterocycles. The second-order valence-electron chi connectivity index (χ2n) is 17.5. The molecule has 12 aromatic carbocycles. The third kappa shape index (κ3) is 6.07. The summed E-state index contributed by atoms with van der Waals surface area (Å²) in [6.45, 7) is 0. The van der Waals surface area contributed by atoms with Gasteiger partial charge in [0.05, 0.1) is 0 Å². The summed E-state index contributed by atoms with van der Waals surface area (Å²) in [5, 5.41) is 16.6. The molecule has 0 spiro atoms. The molecular formula is C63H37N3S. The van der Waals surface area contributed by atoms with E-state index in [0.717, 1.165) is 33.4 Å². The summed E-state index contributed by atoms with van der Waals surface area (Å²) in [4.78, 5) is 16.7. The minimum absolute atomic E-state index is 0.632. The van der Waals surface area contributed by atoms with Gasteiger partial charge in [-0.1, -0.05) is 200 Å². The maximum Gasteiger partial charge on any atom is 0.164 e. The number of hydrogen-bond acceptors (Lipinski definition) is 4. The van der Waals surface area contributed by atoms with Crippen molar-refractivity contribution in [2.24, 2.45) is 0 Å². The van der Waals surface area contributed by atoms with E-state index in [0.29, 0.717) is 17.5 Å². The summed E-state index contributed by atoms with van der Waals surface area (Å²) in [6.07, 6.45) is 0. The Bertz CT molecular complexity index is 4230. The Hall–Kier alpha value is -8.57. The van der Waals surface area contributed by atoms with Gasteiger partial charge in [0.25, 0.3) is 0 Å². The molecule has 0 aliphatic carbocycles. The first-order valence-electron chi connectivity index (χ1n) is 22.7. The van der Waals surface area contributed by atoms with E-state index >= 15 is 0 Å². The molecule has 0 aliphatic rings. The number of fused-ring (bicyclic) bond motifs is 3. The normalized spacial score (nSPS) is 11.9. The molecule has 0 aliphatic heterocycles. The molecule has 0 amide bonds. The van der Waals surface area contributed by atoms with Crippen LogP contribution in [0.4, 0.5) is 0 Å². The Labute approximate surface area is 390 Å². The van der Waals surface area contributed by atoms with Gasteiger partial charge in [0, 0.05) is 31.8 Å². The Morgan fingerprint density at radius 3 is 1.36 bits per heavy atom. The topological polar surface area (TPSA) is 38.7 Å². The summed E-state index contributed by atoms with van der Waals surface area (Å²) in [5.74, 6) is 1.92. The number of benzene rings is 11. The van der Waals surface area contributed by atoms with Crippen LogP contribution in [0, 0.1) is 0 Å². The molecule has 2 heterocycles. The second kappa shape index (κ2) is 15.0. The van der Waals surface area contributed by atoms with Crippen LogP contribution in [0.5, 0.6) is 0 Å². The van der Waals surface area contributed by atoms with Gasteiger partial charge in [-0.15, -0.1) is 11.3 Å². The van der Waals surface area contributed by atoms with Crippen molar-refractivity contribution < 1.29 is 0 Å². The molecule has 0 radical (unpaired) electrons. The second-order valence-corrected chi connectivity index (χ2v) is 18.5. The fourth-order valence-electron chi connectivity index (χ4n) is 10.6. The smallest absolute Gasteiger partial charge is 0.164 e. The zero-order valence-corrected chi connectivity index (χ0v) is 36.9. The third-order valence-electron chi connectivity index (χ3n) is 13.6. The first kappa shape index (κ1) is 37.8. The van der Waals surface area contributed by atoms with Crippen LogP contribution in [0.1, 0.15) is 0 Å². The molecule has 0 saturated carbocycles. The van der Waals surface area contributed by atoms with Crippen LogP contribution in [0.25, 0.3) is 142 Å². The van der Waals surface area contributed by atoms with Gasteiger partial charge in [-0.25, -0.2) is 15.0 Å². The Morgan fingerprint density at radius 2 is 0.716 bits per heavy atom. The van der Waals surface area contributed by atoms with Crippen molar-refractivity contribution in [1.82, 2.24) is 15.0 Å². The quantitative estimate of drug-likeness (QED) is 0.156. The van der Waals surface area contributed by atoms with E-state index in [9.17, 15) is 0 Å². The maximum atomic E-state index is 5.22.